The number of methoxy groups -OCH3 is 1. The van der Waals surface area contributed by atoms with Crippen molar-refractivity contribution >= 4 is 40.9 Å². The first-order valence-corrected chi connectivity index (χ1v) is 12.3. The summed E-state index contributed by atoms with van der Waals surface area (Å²) >= 11 is 12.4. The zero-order valence-electron chi connectivity index (χ0n) is 20.1. The number of rotatable bonds is 10. The first-order chi connectivity index (χ1) is 18.0. The Kier molecular flexibility index (Phi) is 9.08. The summed E-state index contributed by atoms with van der Waals surface area (Å²) < 4.78 is 17.1. The maximum Gasteiger partial charge on any atom is 0.248 e. The zero-order valence-corrected chi connectivity index (χ0v) is 21.6. The van der Waals surface area contributed by atoms with Gasteiger partial charge in [0.15, 0.2) is 11.5 Å². The predicted molar refractivity (Wildman–Crippen MR) is 149 cm³/mol. The summed E-state index contributed by atoms with van der Waals surface area (Å²) in [6, 6.07) is 27.9. The van der Waals surface area contributed by atoms with E-state index in [1.165, 1.54) is 6.08 Å². The Morgan fingerprint density at radius 2 is 1.54 bits per heavy atom. The molecule has 0 saturated carbocycles. The molecule has 7 heteroatoms. The number of carbonyl (C=O) groups excluding carboxylic acids is 1. The van der Waals surface area contributed by atoms with E-state index in [1.807, 2.05) is 48.5 Å². The van der Waals surface area contributed by atoms with Gasteiger partial charge in [0, 0.05) is 27.4 Å². The predicted octanol–water partition coefficient (Wildman–Crippen LogP) is 7.81. The smallest absolute Gasteiger partial charge is 0.248 e. The van der Waals surface area contributed by atoms with Gasteiger partial charge in [0.05, 0.1) is 7.11 Å². The van der Waals surface area contributed by atoms with Crippen LogP contribution in [0, 0.1) is 0 Å². The molecule has 5 nitrogen and oxygen atoms in total. The Hall–Kier alpha value is -3.93. The summed E-state index contributed by atoms with van der Waals surface area (Å²) in [5.41, 5.74) is 3.23. The molecule has 0 bridgehead atoms. The van der Waals surface area contributed by atoms with Crippen molar-refractivity contribution in [1.82, 2.24) is 0 Å². The Morgan fingerprint density at radius 1 is 0.811 bits per heavy atom. The molecule has 1 N–H and O–H groups in total. The van der Waals surface area contributed by atoms with Crippen LogP contribution in [0.25, 0.3) is 6.08 Å². The van der Waals surface area contributed by atoms with E-state index in [4.69, 9.17) is 37.4 Å². The zero-order chi connectivity index (χ0) is 26.0. The van der Waals surface area contributed by atoms with E-state index in [9.17, 15) is 4.79 Å². The van der Waals surface area contributed by atoms with Crippen LogP contribution in [0.1, 0.15) is 16.7 Å². The molecule has 0 atom stereocenters. The van der Waals surface area contributed by atoms with Gasteiger partial charge >= 0.3 is 0 Å². The number of anilines is 1. The van der Waals surface area contributed by atoms with Gasteiger partial charge in [-0.1, -0.05) is 65.7 Å². The lowest BCUT2D eigenvalue weighted by Crippen LogP contribution is -2.07. The second-order valence-corrected chi connectivity index (χ2v) is 8.83. The fourth-order valence-electron chi connectivity index (χ4n) is 3.46. The van der Waals surface area contributed by atoms with E-state index in [0.717, 1.165) is 16.9 Å². The van der Waals surface area contributed by atoms with Crippen LogP contribution in [0.4, 0.5) is 5.69 Å². The highest BCUT2D eigenvalue weighted by Gasteiger charge is 2.10. The fourth-order valence-corrected chi connectivity index (χ4v) is 3.97. The molecule has 0 aliphatic carbocycles. The van der Waals surface area contributed by atoms with Crippen LogP contribution in [0.3, 0.4) is 0 Å². The van der Waals surface area contributed by atoms with Crippen molar-refractivity contribution in [2.24, 2.45) is 0 Å². The Labute approximate surface area is 226 Å². The Morgan fingerprint density at radius 3 is 2.24 bits per heavy atom. The molecule has 37 heavy (non-hydrogen) atoms. The van der Waals surface area contributed by atoms with Gasteiger partial charge in [-0.2, -0.15) is 0 Å². The van der Waals surface area contributed by atoms with Crippen LogP contribution < -0.4 is 19.5 Å². The summed E-state index contributed by atoms with van der Waals surface area (Å²) in [5, 5.41) is 3.91. The molecule has 4 aromatic rings. The molecule has 0 fully saturated rings. The summed E-state index contributed by atoms with van der Waals surface area (Å²) in [4.78, 5) is 12.4. The molecule has 0 radical (unpaired) electrons. The second-order valence-electron chi connectivity index (χ2n) is 8.02. The quantitative estimate of drug-likeness (QED) is 0.211. The molecular formula is C30H25Cl2NO4. The third-order valence-electron chi connectivity index (χ3n) is 5.42. The van der Waals surface area contributed by atoms with Crippen molar-refractivity contribution in [1.29, 1.82) is 0 Å². The van der Waals surface area contributed by atoms with E-state index in [-0.39, 0.29) is 12.5 Å². The number of halogens is 2. The molecule has 0 saturated heterocycles. The van der Waals surface area contributed by atoms with Crippen molar-refractivity contribution in [2.75, 3.05) is 12.4 Å². The fraction of sp³-hybridized carbons (Fsp3) is 0.100. The molecule has 0 spiro atoms. The van der Waals surface area contributed by atoms with Crippen LogP contribution in [0.5, 0.6) is 17.2 Å². The molecule has 1 amide bonds. The molecule has 0 aliphatic rings. The maximum absolute atomic E-state index is 12.4. The van der Waals surface area contributed by atoms with Crippen LogP contribution in [-0.4, -0.2) is 13.0 Å². The van der Waals surface area contributed by atoms with Crippen LogP contribution in [0.2, 0.25) is 10.0 Å². The second kappa shape index (κ2) is 12.9. The van der Waals surface area contributed by atoms with Gasteiger partial charge in [-0.25, -0.2) is 0 Å². The van der Waals surface area contributed by atoms with E-state index < -0.39 is 0 Å². The third kappa shape index (κ3) is 7.53. The highest BCUT2D eigenvalue weighted by Crippen LogP contribution is 2.31. The lowest BCUT2D eigenvalue weighted by molar-refractivity contribution is -0.111. The average molecular weight is 534 g/mol. The van der Waals surface area contributed by atoms with Crippen LogP contribution in [0.15, 0.2) is 97.1 Å². The van der Waals surface area contributed by atoms with Gasteiger partial charge in [-0.15, -0.1) is 0 Å². The molecule has 4 aromatic carbocycles. The van der Waals surface area contributed by atoms with Crippen molar-refractivity contribution < 1.29 is 19.0 Å². The average Bonchev–Trinajstić information content (AvgIpc) is 2.92. The summed E-state index contributed by atoms with van der Waals surface area (Å²) in [6.07, 6.45) is 3.16. The number of carbonyl (C=O) groups is 1. The van der Waals surface area contributed by atoms with Gasteiger partial charge in [0.25, 0.3) is 0 Å². The topological polar surface area (TPSA) is 56.8 Å². The van der Waals surface area contributed by atoms with Crippen LogP contribution in [-0.2, 0) is 18.0 Å². The van der Waals surface area contributed by atoms with Gasteiger partial charge in [0.2, 0.25) is 5.91 Å². The molecule has 0 unspecified atom stereocenters. The van der Waals surface area contributed by atoms with E-state index in [0.29, 0.717) is 39.4 Å². The van der Waals surface area contributed by atoms with E-state index in [2.05, 4.69) is 5.32 Å². The number of nitrogens with one attached hydrogen (secondary N) is 1. The first-order valence-electron chi connectivity index (χ1n) is 11.5. The van der Waals surface area contributed by atoms with Gasteiger partial charge < -0.3 is 19.5 Å². The molecule has 0 aliphatic heterocycles. The minimum atomic E-state index is -0.259. The third-order valence-corrected chi connectivity index (χ3v) is 6.13. The monoisotopic (exact) mass is 533 g/mol. The number of hydrogen-bond acceptors (Lipinski definition) is 4. The minimum absolute atomic E-state index is 0.197. The lowest BCUT2D eigenvalue weighted by atomic mass is 10.2. The van der Waals surface area contributed by atoms with Crippen molar-refractivity contribution in [2.45, 2.75) is 13.2 Å². The van der Waals surface area contributed by atoms with Crippen molar-refractivity contribution in [3.05, 3.63) is 124 Å². The highest BCUT2D eigenvalue weighted by atomic mass is 35.5. The molecule has 0 heterocycles. The highest BCUT2D eigenvalue weighted by molar-refractivity contribution is 6.35. The molecule has 0 aromatic heterocycles. The van der Waals surface area contributed by atoms with E-state index >= 15 is 0 Å². The van der Waals surface area contributed by atoms with Crippen molar-refractivity contribution in [3.8, 4) is 17.2 Å². The maximum atomic E-state index is 12.4. The van der Waals surface area contributed by atoms with Gasteiger partial charge in [-0.3, -0.25) is 4.79 Å². The summed E-state index contributed by atoms with van der Waals surface area (Å²) in [5.74, 6) is 1.53. The SMILES string of the molecule is COc1cc(C=CC(=O)Nc2ccc(OCc3ccccc3)cc2)ccc1OCc1c(Cl)cccc1Cl. The number of amides is 1. The Balaban J connectivity index is 1.32. The number of ether oxygens (including phenoxy) is 3. The summed E-state index contributed by atoms with van der Waals surface area (Å²) in [7, 11) is 1.55. The molecule has 4 rings (SSSR count). The van der Waals surface area contributed by atoms with E-state index in [1.54, 1.807) is 55.7 Å². The molecule has 188 valence electrons. The Bertz CT molecular complexity index is 1350. The van der Waals surface area contributed by atoms with Gasteiger partial charge in [-0.05, 0) is 65.7 Å². The van der Waals surface area contributed by atoms with Gasteiger partial charge in [0.1, 0.15) is 19.0 Å². The number of hydrogen-bond donors (Lipinski definition) is 1. The van der Waals surface area contributed by atoms with Crippen molar-refractivity contribution in [3.63, 3.8) is 0 Å². The largest absolute Gasteiger partial charge is 0.493 e. The molecular weight excluding hydrogens is 509 g/mol. The summed E-state index contributed by atoms with van der Waals surface area (Å²) in [6.45, 7) is 0.679. The minimum Gasteiger partial charge on any atom is -0.493 e. The lowest BCUT2D eigenvalue weighted by Gasteiger charge is -2.13. The number of benzene rings is 4. The van der Waals surface area contributed by atoms with Crippen LogP contribution >= 0.6 is 23.2 Å². The first kappa shape index (κ1) is 26.1. The normalized spacial score (nSPS) is 10.8. The standard InChI is InChI=1S/C30H25Cl2NO4/c1-35-29-18-21(10-16-28(29)37-20-25-26(31)8-5-9-27(25)32)11-17-30(34)33-23-12-14-24(15-13-23)36-19-22-6-3-2-4-7-22/h2-18H,19-20H2,1H3,(H,33,34).